The number of allylic oxidation sites excluding steroid dienone is 1. The van der Waals surface area contributed by atoms with Crippen LogP contribution in [0.5, 0.6) is 5.88 Å². The first-order chi connectivity index (χ1) is 30.2. The van der Waals surface area contributed by atoms with Crippen molar-refractivity contribution in [3.05, 3.63) is 66.2 Å². The van der Waals surface area contributed by atoms with Crippen molar-refractivity contribution in [1.29, 1.82) is 0 Å². The highest BCUT2D eigenvalue weighted by Gasteiger charge is 2.62. The first-order valence-electron chi connectivity index (χ1n) is 21.8. The quantitative estimate of drug-likeness (QED) is 0.149. The van der Waals surface area contributed by atoms with Crippen LogP contribution in [-0.2, 0) is 35.3 Å². The van der Waals surface area contributed by atoms with Crippen molar-refractivity contribution < 1.29 is 54.7 Å². The van der Waals surface area contributed by atoms with Crippen molar-refractivity contribution in [2.45, 2.75) is 125 Å². The van der Waals surface area contributed by atoms with Gasteiger partial charge in [0.15, 0.2) is 11.6 Å². The van der Waals surface area contributed by atoms with E-state index in [1.807, 2.05) is 12.2 Å². The summed E-state index contributed by atoms with van der Waals surface area (Å²) in [5, 5.41) is 5.61. The third-order valence-electron chi connectivity index (χ3n) is 13.1. The second kappa shape index (κ2) is 16.9. The number of furan rings is 1. The molecule has 4 aliphatic carbocycles. The van der Waals surface area contributed by atoms with E-state index in [1.165, 1.54) is 12.1 Å². The van der Waals surface area contributed by atoms with E-state index in [9.17, 15) is 40.8 Å². The van der Waals surface area contributed by atoms with Crippen LogP contribution in [0.15, 0.2) is 65.1 Å². The molecule has 3 heterocycles. The molecule has 18 heteroatoms. The molecule has 63 heavy (non-hydrogen) atoms. The van der Waals surface area contributed by atoms with E-state index in [1.54, 1.807) is 24.3 Å². The molecular weight excluding hydrogens is 844 g/mol. The molecule has 2 aromatic carbocycles. The first-order valence-corrected chi connectivity index (χ1v) is 23.3. The Morgan fingerprint density at radius 1 is 0.873 bits per heavy atom. The smallest absolute Gasteiger partial charge is 0.416 e. The Morgan fingerprint density at radius 3 is 2.35 bits per heavy atom. The minimum absolute atomic E-state index is 0.0211. The summed E-state index contributed by atoms with van der Waals surface area (Å²) < 4.78 is 87.0. The summed E-state index contributed by atoms with van der Waals surface area (Å²) in [7, 11) is -3.96. The zero-order valence-electron chi connectivity index (χ0n) is 34.3. The van der Waals surface area contributed by atoms with Gasteiger partial charge in [-0.25, -0.2) is 18.2 Å². The first kappa shape index (κ1) is 42.8. The summed E-state index contributed by atoms with van der Waals surface area (Å²) in [5.74, 6) is -4.55. The lowest BCUT2D eigenvalue weighted by molar-refractivity contribution is -0.137. The predicted octanol–water partition coefficient (Wildman–Crippen LogP) is 7.45. The molecule has 0 bridgehead atoms. The number of para-hydroxylation sites is 1. The summed E-state index contributed by atoms with van der Waals surface area (Å²) in [6, 6.07) is 10.4. The number of carbonyl (C=O) groups excluding carboxylic acids is 4. The Bertz CT molecular complexity index is 2570. The van der Waals surface area contributed by atoms with Gasteiger partial charge in [-0.05, 0) is 101 Å². The van der Waals surface area contributed by atoms with E-state index < -0.39 is 86.1 Å². The minimum atomic E-state index is -4.56. The molecule has 334 valence electrons. The highest BCUT2D eigenvalue weighted by molar-refractivity contribution is 7.91. The number of Topliss-reactive ketones (excluding diaryl/α,β-unsaturated/α-hetero) is 1. The van der Waals surface area contributed by atoms with Crippen LogP contribution in [0.1, 0.15) is 95.5 Å². The van der Waals surface area contributed by atoms with Gasteiger partial charge >= 0.3 is 12.3 Å². The van der Waals surface area contributed by atoms with Crippen LogP contribution in [0.4, 0.5) is 18.0 Å². The molecule has 0 radical (unpaired) electrons. The number of nitrogens with zero attached hydrogens (tertiary/aromatic N) is 2. The number of benzene rings is 2. The number of alkyl carbamates (subject to hydrolysis) is 1. The van der Waals surface area contributed by atoms with Gasteiger partial charge < -0.3 is 24.5 Å². The van der Waals surface area contributed by atoms with Crippen molar-refractivity contribution >= 4 is 55.8 Å². The van der Waals surface area contributed by atoms with Crippen LogP contribution in [0, 0.1) is 17.8 Å². The Kier molecular flexibility index (Phi) is 11.5. The second-order valence-electron chi connectivity index (χ2n) is 17.6. The standard InChI is InChI=1S/C45H48F3N5O9S/c46-45(47,48)26-18-16-25(17-19-26)39-50-36-31-13-8-9-15-35(31)62-38(36)41(51-39)60-29-22-32-33(23-29)40(55)52-44(42(56)53-63(58,59)30-20-21-30)24-27(44)10-4-2-1-3-5-14-34(37(32)54)49-43(57)61-28-11-6-7-12-28/h4,8-10,13,15-19,27-30,32-34H,1-3,5-7,11-12,14,20-24H2,(H,49,57)(H,52,55)(H,53,56)/b10-4-/t27-,29+,32?,33-,34+,44-/m1/s1. The Balaban J connectivity index is 1.05. The maximum absolute atomic E-state index is 14.8. The van der Waals surface area contributed by atoms with E-state index in [4.69, 9.17) is 13.9 Å². The third kappa shape index (κ3) is 9.00. The molecule has 4 saturated carbocycles. The lowest BCUT2D eigenvalue weighted by Gasteiger charge is -2.26. The maximum atomic E-state index is 14.8. The van der Waals surface area contributed by atoms with Crippen LogP contribution >= 0.6 is 0 Å². The van der Waals surface area contributed by atoms with Gasteiger partial charge in [-0.2, -0.15) is 18.2 Å². The number of aromatic nitrogens is 2. The van der Waals surface area contributed by atoms with E-state index >= 15 is 0 Å². The zero-order valence-corrected chi connectivity index (χ0v) is 35.1. The number of amides is 3. The number of carbonyl (C=O) groups is 4. The maximum Gasteiger partial charge on any atom is 0.416 e. The molecule has 3 amide bonds. The zero-order chi connectivity index (χ0) is 44.1. The van der Waals surface area contributed by atoms with Gasteiger partial charge in [-0.1, -0.05) is 49.3 Å². The molecular formula is C45H48F3N5O9S. The topological polar surface area (TPSA) is 196 Å². The Morgan fingerprint density at radius 2 is 1.60 bits per heavy atom. The predicted molar refractivity (Wildman–Crippen MR) is 222 cm³/mol. The number of ketones is 1. The number of sulfonamides is 1. The summed E-state index contributed by atoms with van der Waals surface area (Å²) in [4.78, 5) is 65.9. The van der Waals surface area contributed by atoms with Crippen molar-refractivity contribution in [3.63, 3.8) is 0 Å². The van der Waals surface area contributed by atoms with Crippen molar-refractivity contribution in [2.24, 2.45) is 17.8 Å². The van der Waals surface area contributed by atoms with Crippen LogP contribution in [-0.4, -0.2) is 71.1 Å². The van der Waals surface area contributed by atoms with E-state index in [2.05, 4.69) is 25.3 Å². The number of halogens is 3. The molecule has 1 aliphatic heterocycles. The summed E-state index contributed by atoms with van der Waals surface area (Å²) >= 11 is 0. The van der Waals surface area contributed by atoms with E-state index in [0.29, 0.717) is 42.2 Å². The summed E-state index contributed by atoms with van der Waals surface area (Å²) in [6.07, 6.45) is 4.60. The van der Waals surface area contributed by atoms with Crippen molar-refractivity contribution in [2.75, 3.05) is 0 Å². The van der Waals surface area contributed by atoms with Crippen molar-refractivity contribution in [3.8, 4) is 17.3 Å². The molecule has 9 rings (SSSR count). The van der Waals surface area contributed by atoms with Crippen LogP contribution in [0.25, 0.3) is 33.5 Å². The highest BCUT2D eigenvalue weighted by Crippen LogP contribution is 2.47. The molecule has 3 N–H and O–H groups in total. The van der Waals surface area contributed by atoms with Crippen LogP contribution in [0.2, 0.25) is 0 Å². The fourth-order valence-electron chi connectivity index (χ4n) is 9.33. The van der Waals surface area contributed by atoms with E-state index in [0.717, 1.165) is 50.7 Å². The number of rotatable bonds is 8. The molecule has 1 unspecified atom stereocenters. The van der Waals surface area contributed by atoms with Gasteiger partial charge in [-0.15, -0.1) is 0 Å². The van der Waals surface area contributed by atoms with Gasteiger partial charge in [-0.3, -0.25) is 19.1 Å². The Hall–Kier alpha value is -5.52. The van der Waals surface area contributed by atoms with Crippen LogP contribution in [0.3, 0.4) is 0 Å². The number of hydrogen-bond donors (Lipinski definition) is 3. The molecule has 2 aromatic heterocycles. The van der Waals surface area contributed by atoms with Gasteiger partial charge in [0, 0.05) is 22.8 Å². The number of alkyl halides is 3. The molecule has 5 aliphatic rings. The largest absolute Gasteiger partial charge is 0.472 e. The summed E-state index contributed by atoms with van der Waals surface area (Å²) in [6.45, 7) is 0. The lowest BCUT2D eigenvalue weighted by atomic mass is 9.86. The third-order valence-corrected chi connectivity index (χ3v) is 14.9. The molecule has 0 spiro atoms. The number of nitrogens with one attached hydrogen (secondary N) is 3. The molecule has 6 atom stereocenters. The van der Waals surface area contributed by atoms with Gasteiger partial charge in [0.2, 0.25) is 21.5 Å². The van der Waals surface area contributed by atoms with Crippen LogP contribution < -0.4 is 20.1 Å². The van der Waals surface area contributed by atoms with Crippen molar-refractivity contribution in [1.82, 2.24) is 25.3 Å². The average Bonchev–Trinajstić information content (AvgIpc) is 4.06. The number of ether oxygens (including phenoxy) is 2. The van der Waals surface area contributed by atoms with Gasteiger partial charge in [0.05, 0.1) is 22.8 Å². The number of fused-ring (bicyclic) bond motifs is 5. The molecule has 0 saturated heterocycles. The number of hydrogen-bond acceptors (Lipinski definition) is 11. The van der Waals surface area contributed by atoms with E-state index in [-0.39, 0.29) is 54.6 Å². The Labute approximate surface area is 361 Å². The molecule has 4 fully saturated rings. The lowest BCUT2D eigenvalue weighted by Crippen LogP contribution is -2.54. The summed E-state index contributed by atoms with van der Waals surface area (Å²) in [5.41, 5.74) is -1.24. The normalized spacial score (nSPS) is 27.7. The van der Waals surface area contributed by atoms with Gasteiger partial charge in [0.1, 0.15) is 28.8 Å². The minimum Gasteiger partial charge on any atom is -0.472 e. The highest BCUT2D eigenvalue weighted by atomic mass is 32.2. The molecule has 4 aromatic rings. The van der Waals surface area contributed by atoms with Gasteiger partial charge in [0.25, 0.3) is 11.8 Å². The second-order valence-corrected chi connectivity index (χ2v) is 19.5. The SMILES string of the molecule is O=C(N[C@H]1CCCCC/C=C\[C@@H]2C[C@@]2(C(=O)NS(=O)(=O)C2CC2)NC(=O)[C@@H]2C[C@@H](Oc3nc(-c4ccc(C(F)(F)F)cc4)nc4c3oc3ccccc34)CC2C1=O)OC1CCCC1. The fraction of sp³-hybridized carbons (Fsp3) is 0.511. The average molecular weight is 892 g/mol. The monoisotopic (exact) mass is 891 g/mol. The fourth-order valence-corrected chi connectivity index (χ4v) is 10.7. The molecule has 14 nitrogen and oxygen atoms in total.